The van der Waals surface area contributed by atoms with Gasteiger partial charge in [-0.3, -0.25) is 4.79 Å². The normalized spacial score (nSPS) is 13.3. The van der Waals surface area contributed by atoms with E-state index >= 15 is 0 Å². The maximum absolute atomic E-state index is 12.7. The summed E-state index contributed by atoms with van der Waals surface area (Å²) in [6.45, 7) is 3.42. The molecule has 0 heterocycles. The van der Waals surface area contributed by atoms with Crippen LogP contribution in [0.15, 0.2) is 54.1 Å². The summed E-state index contributed by atoms with van der Waals surface area (Å²) in [6, 6.07) is 13.0. The van der Waals surface area contributed by atoms with Gasteiger partial charge in [0.25, 0.3) is 5.91 Å². The van der Waals surface area contributed by atoms with E-state index in [4.69, 9.17) is 14.2 Å². The van der Waals surface area contributed by atoms with Crippen molar-refractivity contribution in [2.45, 2.75) is 45.6 Å². The highest BCUT2D eigenvalue weighted by molar-refractivity contribution is 5.94. The zero-order valence-electron chi connectivity index (χ0n) is 17.9. The maximum Gasteiger partial charge on any atom is 0.251 e. The quantitative estimate of drug-likeness (QED) is 0.542. The first kappa shape index (κ1) is 21.8. The number of benzene rings is 2. The number of rotatable bonds is 10. The van der Waals surface area contributed by atoms with Crippen LogP contribution in [0.25, 0.3) is 0 Å². The van der Waals surface area contributed by atoms with Gasteiger partial charge in [0.05, 0.1) is 13.7 Å². The molecule has 3 rings (SSSR count). The van der Waals surface area contributed by atoms with Gasteiger partial charge in [-0.15, -0.1) is 0 Å². The first-order valence-corrected chi connectivity index (χ1v) is 10.7. The Bertz CT molecular complexity index is 875. The molecule has 0 saturated heterocycles. The molecule has 1 amide bonds. The minimum absolute atomic E-state index is 0.0759. The Balaban J connectivity index is 1.65. The Hall–Kier alpha value is -2.95. The van der Waals surface area contributed by atoms with Crippen LogP contribution >= 0.6 is 0 Å². The molecule has 5 nitrogen and oxygen atoms in total. The van der Waals surface area contributed by atoms with Crippen molar-refractivity contribution in [1.82, 2.24) is 5.32 Å². The summed E-state index contributed by atoms with van der Waals surface area (Å²) in [5.41, 5.74) is 2.89. The molecule has 160 valence electrons. The highest BCUT2D eigenvalue weighted by Crippen LogP contribution is 2.29. The van der Waals surface area contributed by atoms with Crippen LogP contribution in [-0.4, -0.2) is 26.2 Å². The van der Waals surface area contributed by atoms with Crippen molar-refractivity contribution in [1.29, 1.82) is 0 Å². The van der Waals surface area contributed by atoms with Crippen LogP contribution in [0.3, 0.4) is 0 Å². The molecule has 1 aliphatic rings. The van der Waals surface area contributed by atoms with Gasteiger partial charge in [-0.1, -0.05) is 23.8 Å². The third-order valence-electron chi connectivity index (χ3n) is 5.19. The van der Waals surface area contributed by atoms with Gasteiger partial charge < -0.3 is 19.5 Å². The molecule has 0 atom stereocenters. The van der Waals surface area contributed by atoms with Crippen molar-refractivity contribution >= 4 is 5.91 Å². The molecule has 0 radical (unpaired) electrons. The lowest BCUT2D eigenvalue weighted by atomic mass is 9.97. The first-order valence-electron chi connectivity index (χ1n) is 10.7. The van der Waals surface area contributed by atoms with E-state index in [9.17, 15) is 4.79 Å². The molecular weight excluding hydrogens is 378 g/mol. The van der Waals surface area contributed by atoms with E-state index in [-0.39, 0.29) is 12.5 Å². The minimum atomic E-state index is -0.0759. The number of carbonyl (C=O) groups is 1. The topological polar surface area (TPSA) is 56.8 Å². The SMILES string of the molecule is CCOc1ccc(C(=O)NCCC2=CCCCC2)cc1COc1ccccc1OC. The molecule has 0 spiro atoms. The standard InChI is InChI=1S/C25H31NO4/c1-3-29-22-14-13-20(25(27)26-16-15-19-9-5-4-6-10-19)17-21(22)18-30-24-12-8-7-11-23(24)28-2/h7-9,11-14,17H,3-6,10,15-16,18H2,1-2H3,(H,26,27). The predicted molar refractivity (Wildman–Crippen MR) is 118 cm³/mol. The van der Waals surface area contributed by atoms with Crippen molar-refractivity contribution in [3.8, 4) is 17.2 Å². The molecule has 0 aliphatic heterocycles. The first-order chi connectivity index (χ1) is 14.7. The fourth-order valence-corrected chi connectivity index (χ4v) is 3.59. The molecule has 0 bridgehead atoms. The Kier molecular flexibility index (Phi) is 8.19. The average Bonchev–Trinajstić information content (AvgIpc) is 2.79. The predicted octanol–water partition coefficient (Wildman–Crippen LogP) is 5.29. The van der Waals surface area contributed by atoms with Gasteiger partial charge in [0, 0.05) is 17.7 Å². The van der Waals surface area contributed by atoms with Crippen molar-refractivity contribution in [2.75, 3.05) is 20.3 Å². The smallest absolute Gasteiger partial charge is 0.251 e. The van der Waals surface area contributed by atoms with Crippen LogP contribution < -0.4 is 19.5 Å². The Morgan fingerprint density at radius 3 is 2.60 bits per heavy atom. The average molecular weight is 410 g/mol. The second-order valence-corrected chi connectivity index (χ2v) is 7.31. The number of amides is 1. The molecule has 0 unspecified atom stereocenters. The van der Waals surface area contributed by atoms with Gasteiger partial charge in [-0.25, -0.2) is 0 Å². The van der Waals surface area contributed by atoms with E-state index in [1.807, 2.05) is 43.3 Å². The number of hydrogen-bond donors (Lipinski definition) is 1. The molecular formula is C25H31NO4. The summed E-state index contributed by atoms with van der Waals surface area (Å²) >= 11 is 0. The molecule has 0 aromatic heterocycles. The lowest BCUT2D eigenvalue weighted by Gasteiger charge is -2.15. The zero-order valence-corrected chi connectivity index (χ0v) is 17.9. The number of carbonyl (C=O) groups excluding carboxylic acids is 1. The highest BCUT2D eigenvalue weighted by atomic mass is 16.5. The fraction of sp³-hybridized carbons (Fsp3) is 0.400. The number of methoxy groups -OCH3 is 1. The molecule has 5 heteroatoms. The number of allylic oxidation sites excluding steroid dienone is 1. The summed E-state index contributed by atoms with van der Waals surface area (Å²) in [5, 5.41) is 3.04. The van der Waals surface area contributed by atoms with Crippen molar-refractivity contribution in [2.24, 2.45) is 0 Å². The van der Waals surface area contributed by atoms with Crippen molar-refractivity contribution < 1.29 is 19.0 Å². The van der Waals surface area contributed by atoms with Crippen LogP contribution in [0, 0.1) is 0 Å². The lowest BCUT2D eigenvalue weighted by molar-refractivity contribution is 0.0954. The van der Waals surface area contributed by atoms with Crippen LogP contribution in [0.1, 0.15) is 54.9 Å². The van der Waals surface area contributed by atoms with Gasteiger partial charge in [-0.05, 0) is 69.4 Å². The van der Waals surface area contributed by atoms with Crippen LogP contribution in [0.2, 0.25) is 0 Å². The second-order valence-electron chi connectivity index (χ2n) is 7.31. The molecule has 0 fully saturated rings. The molecule has 0 saturated carbocycles. The van der Waals surface area contributed by atoms with E-state index in [1.165, 1.54) is 18.4 Å². The molecule has 1 aliphatic carbocycles. The van der Waals surface area contributed by atoms with Crippen LogP contribution in [0.5, 0.6) is 17.2 Å². The Morgan fingerprint density at radius 2 is 1.87 bits per heavy atom. The molecule has 2 aromatic carbocycles. The van der Waals surface area contributed by atoms with E-state index in [2.05, 4.69) is 11.4 Å². The van der Waals surface area contributed by atoms with Gasteiger partial charge in [0.1, 0.15) is 12.4 Å². The third-order valence-corrected chi connectivity index (χ3v) is 5.19. The Labute approximate surface area is 179 Å². The number of para-hydroxylation sites is 2. The largest absolute Gasteiger partial charge is 0.493 e. The maximum atomic E-state index is 12.7. The van der Waals surface area contributed by atoms with Gasteiger partial charge in [0.15, 0.2) is 11.5 Å². The monoisotopic (exact) mass is 409 g/mol. The number of hydrogen-bond acceptors (Lipinski definition) is 4. The van der Waals surface area contributed by atoms with E-state index in [1.54, 1.807) is 13.2 Å². The van der Waals surface area contributed by atoms with Gasteiger partial charge in [0.2, 0.25) is 0 Å². The van der Waals surface area contributed by atoms with Crippen molar-refractivity contribution in [3.05, 3.63) is 65.2 Å². The summed E-state index contributed by atoms with van der Waals surface area (Å²) < 4.78 is 17.0. The number of ether oxygens (including phenoxy) is 3. The summed E-state index contributed by atoms with van der Waals surface area (Å²) in [4.78, 5) is 12.7. The van der Waals surface area contributed by atoms with Gasteiger partial charge in [-0.2, -0.15) is 0 Å². The van der Waals surface area contributed by atoms with Crippen LogP contribution in [-0.2, 0) is 6.61 Å². The van der Waals surface area contributed by atoms with Crippen LogP contribution in [0.4, 0.5) is 0 Å². The zero-order chi connectivity index (χ0) is 21.2. The second kappa shape index (κ2) is 11.3. The summed E-state index contributed by atoms with van der Waals surface area (Å²) in [5.74, 6) is 1.96. The molecule has 30 heavy (non-hydrogen) atoms. The minimum Gasteiger partial charge on any atom is -0.493 e. The van der Waals surface area contributed by atoms with E-state index in [0.717, 1.165) is 30.6 Å². The summed E-state index contributed by atoms with van der Waals surface area (Å²) in [7, 11) is 1.61. The van der Waals surface area contributed by atoms with Gasteiger partial charge >= 0.3 is 0 Å². The Morgan fingerprint density at radius 1 is 1.03 bits per heavy atom. The van der Waals surface area contributed by atoms with E-state index < -0.39 is 0 Å². The summed E-state index contributed by atoms with van der Waals surface area (Å²) in [6.07, 6.45) is 8.10. The highest BCUT2D eigenvalue weighted by Gasteiger charge is 2.13. The molecule has 2 aromatic rings. The van der Waals surface area contributed by atoms with E-state index in [0.29, 0.717) is 30.2 Å². The fourth-order valence-electron chi connectivity index (χ4n) is 3.59. The lowest BCUT2D eigenvalue weighted by Crippen LogP contribution is -2.25. The molecule has 1 N–H and O–H groups in total. The van der Waals surface area contributed by atoms with Crippen molar-refractivity contribution in [3.63, 3.8) is 0 Å². The number of nitrogens with one attached hydrogen (secondary N) is 1. The third kappa shape index (κ3) is 6.02.